The third kappa shape index (κ3) is 6.10. The second kappa shape index (κ2) is 13.7. The molecular weight excluding hydrogens is 630 g/mol. The number of esters is 3. The lowest BCUT2D eigenvalue weighted by atomic mass is 9.50. The van der Waals surface area contributed by atoms with Crippen LogP contribution in [0.4, 0.5) is 0 Å². The number of carbonyl (C=O) groups excluding carboxylic acids is 4. The van der Waals surface area contributed by atoms with Gasteiger partial charge in [-0.15, -0.1) is 0 Å². The molecule has 1 amide bonds. The third-order valence-corrected chi connectivity index (χ3v) is 9.91. The Bertz CT molecular complexity index is 1510. The number of carboxylic acids is 1. The molecule has 2 aliphatic carbocycles. The second-order valence-electron chi connectivity index (χ2n) is 12.8. The number of amides is 1. The lowest BCUT2D eigenvalue weighted by molar-refractivity contribution is -0.180. The second-order valence-corrected chi connectivity index (χ2v) is 12.8. The van der Waals surface area contributed by atoms with Crippen LogP contribution in [0.3, 0.4) is 0 Å². The summed E-state index contributed by atoms with van der Waals surface area (Å²) < 4.78 is 28.0. The lowest BCUT2D eigenvalue weighted by Crippen LogP contribution is -2.74. The van der Waals surface area contributed by atoms with E-state index in [1.807, 2.05) is 19.2 Å². The van der Waals surface area contributed by atoms with Crippen molar-refractivity contribution in [3.05, 3.63) is 35.1 Å². The van der Waals surface area contributed by atoms with Crippen molar-refractivity contribution in [2.45, 2.75) is 100 Å². The SMILES string of the molecule is COc1ccc2c3c1O[C@H]1C(OC(=O)C[C@H](OC(=O)[C@H](C)OC(=O)[C@H](CCCCN)NC(C)=O)C(=O)O)=CC[C@@]4(O)[C@@H](C2)N(C)CC[C@]314. The van der Waals surface area contributed by atoms with E-state index in [-0.39, 0.29) is 24.6 Å². The highest BCUT2D eigenvalue weighted by atomic mass is 16.6. The van der Waals surface area contributed by atoms with E-state index in [2.05, 4.69) is 10.2 Å². The molecule has 5 rings (SSSR count). The van der Waals surface area contributed by atoms with Crippen LogP contribution in [0, 0.1) is 0 Å². The summed E-state index contributed by atoms with van der Waals surface area (Å²) in [4.78, 5) is 64.4. The van der Waals surface area contributed by atoms with Crippen LogP contribution < -0.4 is 20.5 Å². The van der Waals surface area contributed by atoms with Gasteiger partial charge in [0, 0.05) is 24.9 Å². The van der Waals surface area contributed by atoms with Gasteiger partial charge in [-0.3, -0.25) is 9.59 Å². The molecule has 48 heavy (non-hydrogen) atoms. The van der Waals surface area contributed by atoms with Gasteiger partial charge in [0.15, 0.2) is 23.7 Å². The maximum absolute atomic E-state index is 13.2. The molecule has 15 heteroatoms. The smallest absolute Gasteiger partial charge is 0.348 e. The van der Waals surface area contributed by atoms with Crippen molar-refractivity contribution >= 4 is 29.8 Å². The average Bonchev–Trinajstić information content (AvgIpc) is 3.39. The maximum Gasteiger partial charge on any atom is 0.348 e. The summed E-state index contributed by atoms with van der Waals surface area (Å²) in [5, 5.41) is 24.6. The third-order valence-electron chi connectivity index (χ3n) is 9.91. The number of hydrogen-bond acceptors (Lipinski definition) is 13. The zero-order valence-corrected chi connectivity index (χ0v) is 27.5. The van der Waals surface area contributed by atoms with Gasteiger partial charge >= 0.3 is 23.9 Å². The lowest BCUT2D eigenvalue weighted by Gasteiger charge is -2.61. The number of hydrogen-bond donors (Lipinski definition) is 4. The van der Waals surface area contributed by atoms with Crippen molar-refractivity contribution in [2.24, 2.45) is 5.73 Å². The van der Waals surface area contributed by atoms with Gasteiger partial charge in [-0.25, -0.2) is 14.4 Å². The van der Waals surface area contributed by atoms with Crippen LogP contribution in [0.5, 0.6) is 11.5 Å². The molecule has 5 N–H and O–H groups in total. The topological polar surface area (TPSA) is 213 Å². The minimum absolute atomic E-state index is 0.121. The Balaban J connectivity index is 1.28. The van der Waals surface area contributed by atoms with Crippen molar-refractivity contribution in [3.63, 3.8) is 0 Å². The number of aliphatic carboxylic acids is 1. The van der Waals surface area contributed by atoms with E-state index in [0.717, 1.165) is 11.1 Å². The van der Waals surface area contributed by atoms with E-state index in [9.17, 15) is 34.2 Å². The molecule has 2 bridgehead atoms. The molecule has 15 nitrogen and oxygen atoms in total. The molecule has 2 heterocycles. The van der Waals surface area contributed by atoms with Crippen LogP contribution in [-0.2, 0) is 50.0 Å². The van der Waals surface area contributed by atoms with Crippen LogP contribution in [0.15, 0.2) is 24.0 Å². The van der Waals surface area contributed by atoms with Gasteiger partial charge in [-0.1, -0.05) is 6.07 Å². The van der Waals surface area contributed by atoms with Gasteiger partial charge < -0.3 is 49.8 Å². The number of likely N-dealkylation sites (tertiary alicyclic amines) is 1. The Kier molecular flexibility index (Phi) is 10.0. The number of nitrogens with one attached hydrogen (secondary N) is 1. The van der Waals surface area contributed by atoms with Crippen molar-refractivity contribution < 1.29 is 57.9 Å². The number of aliphatic hydroxyl groups is 1. The van der Waals surface area contributed by atoms with Crippen molar-refractivity contribution in [2.75, 3.05) is 27.2 Å². The summed E-state index contributed by atoms with van der Waals surface area (Å²) in [7, 11) is 3.49. The molecule has 1 spiro atoms. The number of likely N-dealkylation sites (N-methyl/N-ethyl adjacent to an activating group) is 1. The number of nitrogens with two attached hydrogens (primary N) is 1. The van der Waals surface area contributed by atoms with Gasteiger partial charge in [0.1, 0.15) is 11.8 Å². The molecule has 1 aromatic carbocycles. The molecule has 1 saturated heterocycles. The highest BCUT2D eigenvalue weighted by molar-refractivity contribution is 5.87. The first-order valence-corrected chi connectivity index (χ1v) is 16.1. The fourth-order valence-electron chi connectivity index (χ4n) is 7.62. The van der Waals surface area contributed by atoms with Crippen molar-refractivity contribution in [3.8, 4) is 11.5 Å². The summed E-state index contributed by atoms with van der Waals surface area (Å²) in [6.45, 7) is 3.46. The number of carbonyl (C=O) groups is 5. The van der Waals surface area contributed by atoms with E-state index in [4.69, 9.17) is 29.4 Å². The molecule has 0 aromatic heterocycles. The fraction of sp³-hybridized carbons (Fsp3) is 0.606. The summed E-state index contributed by atoms with van der Waals surface area (Å²) in [5.74, 6) is -4.14. The van der Waals surface area contributed by atoms with Gasteiger partial charge in [-0.2, -0.15) is 0 Å². The normalized spacial score (nSPS) is 26.8. The number of ether oxygens (including phenoxy) is 5. The Morgan fingerprint density at radius 3 is 2.58 bits per heavy atom. The van der Waals surface area contributed by atoms with Crippen molar-refractivity contribution in [1.82, 2.24) is 10.2 Å². The Hall–Kier alpha value is -4.21. The largest absolute Gasteiger partial charge is 0.493 e. The standard InChI is InChI=1S/C33H43N3O12/c1-17(45-31(42)20(35-18(2)37)7-5-6-13-34)30(41)47-23(29(39)40)16-25(38)46-22-10-11-33(43)24-15-19-8-9-21(44-4)27-26(19)32(33,28(22)48-27)12-14-36(24)3/h8-10,17,20,23-24,28,43H,5-7,11-16,34H2,1-4H3,(H,35,37)(H,39,40)/t17-,20-,23-,24+,28-,32-,33+/m0/s1. The number of nitrogens with zero attached hydrogens (tertiary/aromatic N) is 1. The van der Waals surface area contributed by atoms with Crippen LogP contribution in [-0.4, -0.2) is 108 Å². The van der Waals surface area contributed by atoms with E-state index >= 15 is 0 Å². The molecule has 4 aliphatic rings. The molecule has 0 unspecified atom stereocenters. The molecule has 1 fully saturated rings. The van der Waals surface area contributed by atoms with E-state index < -0.39 is 71.6 Å². The van der Waals surface area contributed by atoms with Crippen LogP contribution in [0.1, 0.15) is 63.5 Å². The first kappa shape index (κ1) is 35.1. The first-order chi connectivity index (χ1) is 22.8. The van der Waals surface area contributed by atoms with E-state index in [0.29, 0.717) is 50.3 Å². The molecule has 0 saturated carbocycles. The predicted molar refractivity (Wildman–Crippen MR) is 166 cm³/mol. The van der Waals surface area contributed by atoms with Crippen LogP contribution in [0.25, 0.3) is 0 Å². The minimum atomic E-state index is -1.96. The Labute approximate surface area is 277 Å². The van der Waals surface area contributed by atoms with E-state index in [1.165, 1.54) is 21.0 Å². The van der Waals surface area contributed by atoms with Gasteiger partial charge in [0.2, 0.25) is 12.0 Å². The summed E-state index contributed by atoms with van der Waals surface area (Å²) >= 11 is 0. The Morgan fingerprint density at radius 1 is 1.17 bits per heavy atom. The number of methoxy groups -OCH3 is 1. The summed E-state index contributed by atoms with van der Waals surface area (Å²) in [5.41, 5.74) is 5.16. The molecule has 7 atom stereocenters. The monoisotopic (exact) mass is 673 g/mol. The van der Waals surface area contributed by atoms with Gasteiger partial charge in [-0.05, 0) is 76.9 Å². The molecule has 1 aromatic rings. The average molecular weight is 674 g/mol. The number of carboxylic acid groups (broad SMARTS) is 1. The highest BCUT2D eigenvalue weighted by Gasteiger charge is 2.72. The number of benzene rings is 1. The van der Waals surface area contributed by atoms with Gasteiger partial charge in [0.05, 0.1) is 24.5 Å². The van der Waals surface area contributed by atoms with E-state index in [1.54, 1.807) is 6.08 Å². The quantitative estimate of drug-likeness (QED) is 0.120. The first-order valence-electron chi connectivity index (χ1n) is 16.1. The zero-order valence-electron chi connectivity index (χ0n) is 27.5. The fourth-order valence-corrected chi connectivity index (χ4v) is 7.62. The molecule has 0 radical (unpaired) electrons. The minimum Gasteiger partial charge on any atom is -0.493 e. The predicted octanol–water partition coefficient (Wildman–Crippen LogP) is 0.468. The number of rotatable bonds is 14. The van der Waals surface area contributed by atoms with Crippen LogP contribution >= 0.6 is 0 Å². The zero-order chi connectivity index (χ0) is 35.0. The highest BCUT2D eigenvalue weighted by Crippen LogP contribution is 2.65. The van der Waals surface area contributed by atoms with Gasteiger partial charge in [0.25, 0.3) is 0 Å². The number of unbranched alkanes of at least 4 members (excludes halogenated alkanes) is 1. The summed E-state index contributed by atoms with van der Waals surface area (Å²) in [6.07, 6.45) is -1.07. The van der Waals surface area contributed by atoms with Crippen LogP contribution in [0.2, 0.25) is 0 Å². The molecular formula is C33H43N3O12. The number of piperidine rings is 1. The molecule has 262 valence electrons. The maximum atomic E-state index is 13.2. The summed E-state index contributed by atoms with van der Waals surface area (Å²) in [6, 6.07) is 2.51. The molecule has 2 aliphatic heterocycles. The van der Waals surface area contributed by atoms with Crippen molar-refractivity contribution in [1.29, 1.82) is 0 Å². The Morgan fingerprint density at radius 2 is 1.92 bits per heavy atom.